The summed E-state index contributed by atoms with van der Waals surface area (Å²) in [6.45, 7) is 21.2. The summed E-state index contributed by atoms with van der Waals surface area (Å²) in [5.74, 6) is 0. The van der Waals surface area contributed by atoms with Crippen LogP contribution in [0.3, 0.4) is 0 Å². The quantitative estimate of drug-likeness (QED) is 0.146. The van der Waals surface area contributed by atoms with Crippen LogP contribution >= 0.6 is 0 Å². The van der Waals surface area contributed by atoms with Crippen LogP contribution in [-0.4, -0.2) is 0 Å². The molecule has 0 radical (unpaired) electrons. The van der Waals surface area contributed by atoms with Crippen molar-refractivity contribution < 1.29 is 0 Å². The molecule has 0 heteroatoms. The van der Waals surface area contributed by atoms with E-state index in [1.807, 2.05) is 0 Å². The van der Waals surface area contributed by atoms with E-state index in [4.69, 9.17) is 0 Å². The van der Waals surface area contributed by atoms with Gasteiger partial charge in [0.05, 0.1) is 0 Å². The van der Waals surface area contributed by atoms with Crippen LogP contribution < -0.4 is 0 Å². The van der Waals surface area contributed by atoms with Crippen molar-refractivity contribution in [1.82, 2.24) is 0 Å². The highest BCUT2D eigenvalue weighted by Gasteiger charge is 2.05. The monoisotopic (exact) mass is 1130 g/mol. The van der Waals surface area contributed by atoms with Crippen molar-refractivity contribution in [2.24, 2.45) is 0 Å². The van der Waals surface area contributed by atoms with Crippen LogP contribution in [0.4, 0.5) is 0 Å². The highest BCUT2D eigenvalue weighted by molar-refractivity contribution is 5.98. The molecule has 0 heterocycles. The predicted molar refractivity (Wildman–Crippen MR) is 387 cm³/mol. The number of aryl methyl sites for hydroxylation is 10. The standard InChI is InChI=1S/2C20H18.C16H14.2C14H14.3CH4/c1-15-3-7-17(8-4-15)19-11-13-20(14-12-19)18-9-5-16(2)6-10-18;1-15-6-10-17(11-7-15)19-4-3-5-20(14-19)18-12-8-16(2)9-13-18;1-11-3-5-13-9-14-6-4-12(2)8-16(14)10-15(13)7-11;1-11-3-7-13(8-4-11)14-9-5-12(2)6-10-14;1-11-5-3-7-13(9-11)14-8-4-6-12(2)10-14;;;/h2*3-14H,1-2H3;3-10H,1-2H3;2*3-10H,1-2H3;3*1H4. The van der Waals surface area contributed by atoms with Gasteiger partial charge in [-0.25, -0.2) is 0 Å². The highest BCUT2D eigenvalue weighted by Crippen LogP contribution is 2.30. The molecule has 87 heavy (non-hydrogen) atoms. The minimum absolute atomic E-state index is 0. The van der Waals surface area contributed by atoms with Gasteiger partial charge >= 0.3 is 0 Å². The first-order valence-corrected chi connectivity index (χ1v) is 29.3. The molecule has 0 aliphatic rings. The van der Waals surface area contributed by atoms with E-state index in [0.717, 1.165) is 0 Å². The minimum atomic E-state index is 0. The van der Waals surface area contributed by atoms with Crippen LogP contribution in [0, 0.1) is 69.2 Å². The van der Waals surface area contributed by atoms with Gasteiger partial charge in [-0.05, 0) is 176 Å². The zero-order valence-corrected chi connectivity index (χ0v) is 50.7. The topological polar surface area (TPSA) is 0 Å². The number of rotatable bonds is 6. The van der Waals surface area contributed by atoms with E-state index in [1.54, 1.807) is 0 Å². The summed E-state index contributed by atoms with van der Waals surface area (Å²) < 4.78 is 0. The van der Waals surface area contributed by atoms with E-state index in [2.05, 4.69) is 360 Å². The van der Waals surface area contributed by atoms with E-state index in [1.165, 1.54) is 144 Å². The van der Waals surface area contributed by atoms with Gasteiger partial charge in [0.15, 0.2) is 0 Å². The fourth-order valence-corrected chi connectivity index (χ4v) is 10.1. The number of fused-ring (bicyclic) bond motifs is 2. The minimum Gasteiger partial charge on any atom is -0.0776 e. The molecule has 0 aliphatic heterocycles. The van der Waals surface area contributed by atoms with Crippen molar-refractivity contribution in [3.63, 3.8) is 0 Å². The van der Waals surface area contributed by atoms with Crippen molar-refractivity contribution in [2.45, 2.75) is 91.5 Å². The molecule has 0 saturated carbocycles. The second-order valence-electron chi connectivity index (χ2n) is 22.6. The molecule has 0 spiro atoms. The summed E-state index contributed by atoms with van der Waals surface area (Å²) in [5.41, 5.74) is 28.4. The van der Waals surface area contributed by atoms with Crippen LogP contribution in [0.5, 0.6) is 0 Å². The van der Waals surface area contributed by atoms with Crippen molar-refractivity contribution in [1.29, 1.82) is 0 Å². The Hall–Kier alpha value is -9.62. The Kier molecular flexibility index (Phi) is 24.5. The molecular formula is C87H90. The van der Waals surface area contributed by atoms with Crippen LogP contribution in [0.1, 0.15) is 77.9 Å². The third-order valence-corrected chi connectivity index (χ3v) is 15.2. The molecule has 13 aromatic carbocycles. The normalized spacial score (nSPS) is 10.1. The zero-order chi connectivity index (χ0) is 59.0. The third kappa shape index (κ3) is 19.2. The maximum absolute atomic E-state index is 2.28. The molecular weight excluding hydrogens is 1040 g/mol. The van der Waals surface area contributed by atoms with Crippen molar-refractivity contribution >= 4 is 21.5 Å². The second-order valence-corrected chi connectivity index (χ2v) is 22.6. The van der Waals surface area contributed by atoms with Gasteiger partial charge in [-0.1, -0.05) is 351 Å². The molecule has 0 aliphatic carbocycles. The molecule has 0 N–H and O–H groups in total. The molecule has 0 fully saturated rings. The van der Waals surface area contributed by atoms with Gasteiger partial charge in [-0.2, -0.15) is 0 Å². The Balaban J connectivity index is 0.000000174. The van der Waals surface area contributed by atoms with Crippen molar-refractivity contribution in [2.75, 3.05) is 0 Å². The fraction of sp³-hybridized carbons (Fsp3) is 0.149. The highest BCUT2D eigenvalue weighted by atomic mass is 14.1. The smallest absolute Gasteiger partial charge is 0.0175 e. The van der Waals surface area contributed by atoms with Gasteiger partial charge in [0.25, 0.3) is 0 Å². The molecule has 13 aromatic rings. The largest absolute Gasteiger partial charge is 0.0776 e. The SMILES string of the molecule is C.C.C.Cc1ccc(-c2ccc(-c3ccc(C)cc3)cc2)cc1.Cc1ccc(-c2ccc(C)cc2)cc1.Cc1ccc(-c2cccc(-c3ccc(C)cc3)c2)cc1.Cc1ccc2cc3ccc(C)cc3cc2c1.Cc1cccc(-c2cccc(C)c2)c1. The maximum Gasteiger partial charge on any atom is -0.0175 e. The first kappa shape index (κ1) is 66.5. The summed E-state index contributed by atoms with van der Waals surface area (Å²) >= 11 is 0. The van der Waals surface area contributed by atoms with Crippen LogP contribution in [0.2, 0.25) is 0 Å². The Morgan fingerprint density at radius 3 is 0.563 bits per heavy atom. The van der Waals surface area contributed by atoms with Crippen molar-refractivity contribution in [3.05, 3.63) is 347 Å². The second kappa shape index (κ2) is 32.0. The van der Waals surface area contributed by atoms with Gasteiger partial charge in [-0.3, -0.25) is 0 Å². The predicted octanol–water partition coefficient (Wildman–Crippen LogP) is 25.7. The molecule has 438 valence electrons. The lowest BCUT2D eigenvalue weighted by Gasteiger charge is -2.07. The van der Waals surface area contributed by atoms with Gasteiger partial charge in [0, 0.05) is 0 Å². The molecule has 0 amide bonds. The molecule has 0 unspecified atom stereocenters. The van der Waals surface area contributed by atoms with Gasteiger partial charge in [0.1, 0.15) is 0 Å². The van der Waals surface area contributed by atoms with Crippen LogP contribution in [0.25, 0.3) is 88.3 Å². The average molecular weight is 1140 g/mol. The molecule has 0 atom stereocenters. The maximum atomic E-state index is 2.28. The lowest BCUT2D eigenvalue weighted by Crippen LogP contribution is -1.82. The van der Waals surface area contributed by atoms with Gasteiger partial charge < -0.3 is 0 Å². The Morgan fingerprint density at radius 2 is 0.310 bits per heavy atom. The Morgan fingerprint density at radius 1 is 0.126 bits per heavy atom. The Bertz CT molecular complexity index is 3930. The van der Waals surface area contributed by atoms with E-state index in [9.17, 15) is 0 Å². The number of hydrogen-bond acceptors (Lipinski definition) is 0. The number of benzene rings is 13. The molecule has 0 nitrogen and oxygen atoms in total. The van der Waals surface area contributed by atoms with E-state index < -0.39 is 0 Å². The van der Waals surface area contributed by atoms with Crippen LogP contribution in [-0.2, 0) is 0 Å². The summed E-state index contributed by atoms with van der Waals surface area (Å²) in [6, 6.07) is 104. The van der Waals surface area contributed by atoms with E-state index in [0.29, 0.717) is 0 Å². The summed E-state index contributed by atoms with van der Waals surface area (Å²) in [7, 11) is 0. The molecule has 0 saturated heterocycles. The van der Waals surface area contributed by atoms with E-state index >= 15 is 0 Å². The first-order valence-electron chi connectivity index (χ1n) is 29.3. The summed E-state index contributed by atoms with van der Waals surface area (Å²) in [6.07, 6.45) is 0. The average Bonchev–Trinajstić information content (AvgIpc) is 1.72. The molecule has 13 rings (SSSR count). The summed E-state index contributed by atoms with van der Waals surface area (Å²) in [5, 5.41) is 5.31. The van der Waals surface area contributed by atoms with Crippen molar-refractivity contribution in [3.8, 4) is 66.8 Å². The zero-order valence-electron chi connectivity index (χ0n) is 50.7. The fourth-order valence-electron chi connectivity index (χ4n) is 10.1. The first-order chi connectivity index (χ1) is 40.7. The lowest BCUT2D eigenvalue weighted by atomic mass is 9.98. The lowest BCUT2D eigenvalue weighted by molar-refractivity contribution is 1.44. The molecule has 0 aromatic heterocycles. The summed E-state index contributed by atoms with van der Waals surface area (Å²) in [4.78, 5) is 0. The van der Waals surface area contributed by atoms with E-state index in [-0.39, 0.29) is 22.3 Å². The van der Waals surface area contributed by atoms with Gasteiger partial charge in [0.2, 0.25) is 0 Å². The van der Waals surface area contributed by atoms with Crippen LogP contribution in [0.15, 0.2) is 291 Å². The molecule has 0 bridgehead atoms. The Labute approximate surface area is 523 Å². The number of hydrogen-bond donors (Lipinski definition) is 0. The third-order valence-electron chi connectivity index (χ3n) is 15.2. The van der Waals surface area contributed by atoms with Gasteiger partial charge in [-0.15, -0.1) is 0 Å².